The third-order valence-electron chi connectivity index (χ3n) is 4.48. The van der Waals surface area contributed by atoms with Crippen molar-refractivity contribution in [1.29, 1.82) is 0 Å². The van der Waals surface area contributed by atoms with E-state index in [0.717, 1.165) is 21.6 Å². The Morgan fingerprint density at radius 1 is 1.19 bits per heavy atom. The molecule has 0 aliphatic carbocycles. The molecule has 0 aliphatic rings. The average molecular weight is 515 g/mol. The molecule has 0 amide bonds. The molecule has 9 heteroatoms. The minimum Gasteiger partial charge on any atom is -0.491 e. The highest BCUT2D eigenvalue weighted by Crippen LogP contribution is 2.21. The van der Waals surface area contributed by atoms with Crippen LogP contribution in [0.4, 0.5) is 4.39 Å². The van der Waals surface area contributed by atoms with Crippen molar-refractivity contribution in [2.45, 2.75) is 12.1 Å². The molecule has 1 heterocycles. The van der Waals surface area contributed by atoms with E-state index >= 15 is 0 Å². The predicted octanol–water partition coefficient (Wildman–Crippen LogP) is 3.88. The van der Waals surface area contributed by atoms with Gasteiger partial charge in [-0.15, -0.1) is 12.4 Å². The molecule has 31 heavy (non-hydrogen) atoms. The fourth-order valence-electron chi connectivity index (χ4n) is 2.98. The Morgan fingerprint density at radius 2 is 1.97 bits per heavy atom. The van der Waals surface area contributed by atoms with E-state index in [9.17, 15) is 9.50 Å². The number of nitrogens with zero attached hydrogens (tertiary/aromatic N) is 2. The number of aryl methyl sites for hydroxylation is 1. The van der Waals surface area contributed by atoms with Crippen molar-refractivity contribution in [3.05, 3.63) is 82.6 Å². The molecule has 3 aromatic rings. The zero-order valence-electron chi connectivity index (χ0n) is 17.1. The molecule has 0 spiro atoms. The van der Waals surface area contributed by atoms with E-state index in [1.807, 2.05) is 48.1 Å². The smallest absolute Gasteiger partial charge is 0.130 e. The number of imidazole rings is 1. The SMILES string of the molecule is Cl.Cn1ccnc1C(NCC(O)COCCOc1ccc(Br)cc1)c1cccc(F)c1. The number of aliphatic hydroxyl groups excluding tert-OH is 1. The van der Waals surface area contributed by atoms with Crippen LogP contribution in [0.15, 0.2) is 65.4 Å². The van der Waals surface area contributed by atoms with E-state index in [4.69, 9.17) is 9.47 Å². The number of hydrogen-bond acceptors (Lipinski definition) is 5. The minimum atomic E-state index is -0.728. The van der Waals surface area contributed by atoms with Gasteiger partial charge in [0.2, 0.25) is 0 Å². The summed E-state index contributed by atoms with van der Waals surface area (Å²) in [6, 6.07) is 13.6. The van der Waals surface area contributed by atoms with Gasteiger partial charge in [0.25, 0.3) is 0 Å². The number of hydrogen-bond donors (Lipinski definition) is 2. The molecule has 6 nitrogen and oxygen atoms in total. The second-order valence-corrected chi connectivity index (χ2v) is 7.74. The normalized spacial score (nSPS) is 12.8. The zero-order chi connectivity index (χ0) is 21.3. The predicted molar refractivity (Wildman–Crippen MR) is 123 cm³/mol. The molecule has 0 bridgehead atoms. The lowest BCUT2D eigenvalue weighted by Crippen LogP contribution is -2.35. The summed E-state index contributed by atoms with van der Waals surface area (Å²) in [7, 11) is 1.88. The molecule has 168 valence electrons. The third kappa shape index (κ3) is 7.90. The summed E-state index contributed by atoms with van der Waals surface area (Å²) in [4.78, 5) is 4.37. The third-order valence-corrected chi connectivity index (χ3v) is 5.01. The molecule has 2 atom stereocenters. The molecule has 0 saturated heterocycles. The van der Waals surface area contributed by atoms with Crippen LogP contribution in [0.2, 0.25) is 0 Å². The second-order valence-electron chi connectivity index (χ2n) is 6.82. The maximum Gasteiger partial charge on any atom is 0.130 e. The summed E-state index contributed by atoms with van der Waals surface area (Å²) in [6.45, 7) is 1.18. The van der Waals surface area contributed by atoms with Gasteiger partial charge < -0.3 is 24.5 Å². The van der Waals surface area contributed by atoms with Gasteiger partial charge in [-0.2, -0.15) is 0 Å². The van der Waals surface area contributed by atoms with Gasteiger partial charge >= 0.3 is 0 Å². The Hall–Kier alpha value is -1.97. The molecule has 2 N–H and O–H groups in total. The van der Waals surface area contributed by atoms with Crippen molar-refractivity contribution in [2.75, 3.05) is 26.4 Å². The standard InChI is InChI=1S/C22H25BrFN3O3.ClH/c1-27-10-9-25-22(27)21(16-3-2-4-18(24)13-16)26-14-19(28)15-29-11-12-30-20-7-5-17(23)6-8-20;/h2-10,13,19,21,26,28H,11-12,14-15H2,1H3;1H. The first-order chi connectivity index (χ1) is 14.5. The van der Waals surface area contributed by atoms with Crippen molar-refractivity contribution >= 4 is 28.3 Å². The van der Waals surface area contributed by atoms with E-state index in [2.05, 4.69) is 26.2 Å². The van der Waals surface area contributed by atoms with Crippen LogP contribution in [-0.2, 0) is 11.8 Å². The minimum absolute atomic E-state index is 0. The molecule has 0 radical (unpaired) electrons. The van der Waals surface area contributed by atoms with Gasteiger partial charge in [-0.25, -0.2) is 9.37 Å². The fraction of sp³-hybridized carbons (Fsp3) is 0.318. The molecule has 2 unspecified atom stereocenters. The quantitative estimate of drug-likeness (QED) is 0.380. The number of rotatable bonds is 11. The number of aliphatic hydroxyl groups is 1. The highest BCUT2D eigenvalue weighted by Gasteiger charge is 2.19. The van der Waals surface area contributed by atoms with E-state index < -0.39 is 6.10 Å². The van der Waals surface area contributed by atoms with Crippen molar-refractivity contribution < 1.29 is 19.0 Å². The summed E-state index contributed by atoms with van der Waals surface area (Å²) < 4.78 is 27.7. The Balaban J connectivity index is 0.00000341. The second kappa shape index (κ2) is 12.8. The summed E-state index contributed by atoms with van der Waals surface area (Å²) in [5, 5.41) is 13.5. The Kier molecular flexibility index (Phi) is 10.4. The Labute approximate surface area is 195 Å². The molecule has 3 rings (SSSR count). The Morgan fingerprint density at radius 3 is 2.65 bits per heavy atom. The molecule has 1 aromatic heterocycles. The molecule has 2 aromatic carbocycles. The summed E-state index contributed by atoms with van der Waals surface area (Å²) in [6.07, 6.45) is 2.79. The van der Waals surface area contributed by atoms with Crippen molar-refractivity contribution in [3.63, 3.8) is 0 Å². The molecular formula is C22H26BrClFN3O3. The van der Waals surface area contributed by atoms with Gasteiger partial charge in [0.1, 0.15) is 24.0 Å². The first-order valence-electron chi connectivity index (χ1n) is 9.63. The van der Waals surface area contributed by atoms with Crippen LogP contribution in [0.1, 0.15) is 17.4 Å². The highest BCUT2D eigenvalue weighted by molar-refractivity contribution is 9.10. The molecule has 0 saturated carbocycles. The summed E-state index contributed by atoms with van der Waals surface area (Å²) in [5.74, 6) is 1.18. The van der Waals surface area contributed by atoms with Gasteiger partial charge in [0.05, 0.1) is 25.4 Å². The van der Waals surface area contributed by atoms with E-state index in [0.29, 0.717) is 13.2 Å². The maximum atomic E-state index is 13.7. The highest BCUT2D eigenvalue weighted by atomic mass is 79.9. The van der Waals surface area contributed by atoms with Gasteiger partial charge in [-0.05, 0) is 42.0 Å². The lowest BCUT2D eigenvalue weighted by atomic mass is 10.1. The van der Waals surface area contributed by atoms with Gasteiger partial charge in [-0.1, -0.05) is 28.1 Å². The Bertz CT molecular complexity index is 926. The molecule has 0 fully saturated rings. The number of aromatic nitrogens is 2. The van der Waals surface area contributed by atoms with Crippen LogP contribution >= 0.6 is 28.3 Å². The fourth-order valence-corrected chi connectivity index (χ4v) is 3.25. The zero-order valence-corrected chi connectivity index (χ0v) is 19.5. The number of ether oxygens (including phenoxy) is 2. The number of halogens is 3. The molecular weight excluding hydrogens is 489 g/mol. The number of nitrogens with one attached hydrogen (secondary N) is 1. The lowest BCUT2D eigenvalue weighted by Gasteiger charge is -2.21. The van der Waals surface area contributed by atoms with Crippen molar-refractivity contribution in [3.8, 4) is 5.75 Å². The maximum absolute atomic E-state index is 13.7. The van der Waals surface area contributed by atoms with Gasteiger partial charge in [0, 0.05) is 30.5 Å². The topological polar surface area (TPSA) is 68.5 Å². The largest absolute Gasteiger partial charge is 0.491 e. The van der Waals surface area contributed by atoms with E-state index in [1.165, 1.54) is 12.1 Å². The first-order valence-corrected chi connectivity index (χ1v) is 10.4. The van der Waals surface area contributed by atoms with Crippen LogP contribution in [0.3, 0.4) is 0 Å². The van der Waals surface area contributed by atoms with Crippen LogP contribution < -0.4 is 10.1 Å². The van der Waals surface area contributed by atoms with Crippen molar-refractivity contribution in [2.24, 2.45) is 7.05 Å². The summed E-state index contributed by atoms with van der Waals surface area (Å²) >= 11 is 3.38. The lowest BCUT2D eigenvalue weighted by molar-refractivity contribution is 0.0243. The first kappa shape index (κ1) is 25.3. The van der Waals surface area contributed by atoms with Gasteiger partial charge in [-0.3, -0.25) is 0 Å². The summed E-state index contributed by atoms with van der Waals surface area (Å²) in [5.41, 5.74) is 0.736. The van der Waals surface area contributed by atoms with E-state index in [-0.39, 0.29) is 37.4 Å². The number of benzene rings is 2. The van der Waals surface area contributed by atoms with Crippen LogP contribution in [0.5, 0.6) is 5.75 Å². The van der Waals surface area contributed by atoms with E-state index in [1.54, 1.807) is 12.3 Å². The van der Waals surface area contributed by atoms with Gasteiger partial charge in [0.15, 0.2) is 0 Å². The van der Waals surface area contributed by atoms with Crippen LogP contribution in [0.25, 0.3) is 0 Å². The average Bonchev–Trinajstić information content (AvgIpc) is 3.15. The van der Waals surface area contributed by atoms with Crippen LogP contribution in [-0.4, -0.2) is 47.1 Å². The molecule has 0 aliphatic heterocycles. The monoisotopic (exact) mass is 513 g/mol. The van der Waals surface area contributed by atoms with Crippen LogP contribution in [0, 0.1) is 5.82 Å². The van der Waals surface area contributed by atoms with Crippen molar-refractivity contribution in [1.82, 2.24) is 14.9 Å².